The van der Waals surface area contributed by atoms with Crippen molar-refractivity contribution in [1.29, 1.82) is 0 Å². The highest BCUT2D eigenvalue weighted by atomic mass is 16.5. The highest BCUT2D eigenvalue weighted by Crippen LogP contribution is 2.17. The van der Waals surface area contributed by atoms with Gasteiger partial charge in [0.15, 0.2) is 0 Å². The van der Waals surface area contributed by atoms with E-state index in [1.54, 1.807) is 0 Å². The summed E-state index contributed by atoms with van der Waals surface area (Å²) in [5.41, 5.74) is 0.823. The van der Waals surface area contributed by atoms with Crippen molar-refractivity contribution < 1.29 is 9.53 Å². The number of likely N-dealkylation sites (N-methyl/N-ethyl adjacent to an activating group) is 1. The number of amides is 1. The fourth-order valence-corrected chi connectivity index (χ4v) is 2.30. The summed E-state index contributed by atoms with van der Waals surface area (Å²) in [5.74, 6) is 0.971. The zero-order valence-corrected chi connectivity index (χ0v) is 14.4. The van der Waals surface area contributed by atoms with Crippen LogP contribution < -0.4 is 10.1 Å². The fraction of sp³-hybridized carbons (Fsp3) is 0.611. The average Bonchev–Trinajstić information content (AvgIpc) is 2.53. The van der Waals surface area contributed by atoms with Crippen molar-refractivity contribution >= 4 is 11.6 Å². The largest absolute Gasteiger partial charge is 0.492 e. The van der Waals surface area contributed by atoms with Crippen LogP contribution in [0.5, 0.6) is 5.75 Å². The van der Waals surface area contributed by atoms with Crippen molar-refractivity contribution in [2.75, 3.05) is 31.6 Å². The predicted molar refractivity (Wildman–Crippen MR) is 92.4 cm³/mol. The molecule has 1 atom stereocenters. The van der Waals surface area contributed by atoms with Gasteiger partial charge in [-0.2, -0.15) is 0 Å². The summed E-state index contributed by atoms with van der Waals surface area (Å²) in [6.07, 6.45) is 1.94. The first kappa shape index (κ1) is 18.5. The van der Waals surface area contributed by atoms with Crippen LogP contribution in [-0.4, -0.2) is 37.0 Å². The number of anilines is 1. The summed E-state index contributed by atoms with van der Waals surface area (Å²) < 4.78 is 5.73. The topological polar surface area (TPSA) is 41.6 Å². The first-order valence-electron chi connectivity index (χ1n) is 8.36. The molecule has 4 heteroatoms. The summed E-state index contributed by atoms with van der Waals surface area (Å²) in [7, 11) is 0. The lowest BCUT2D eigenvalue weighted by Crippen LogP contribution is -2.27. The molecule has 22 heavy (non-hydrogen) atoms. The molecule has 1 unspecified atom stereocenters. The first-order valence-corrected chi connectivity index (χ1v) is 8.36. The molecule has 1 aromatic rings. The van der Waals surface area contributed by atoms with Gasteiger partial charge in [0.2, 0.25) is 5.91 Å². The SMILES string of the molecule is CCCC(C)C(=O)Nc1ccc(OCCN(CC)CC)cc1. The van der Waals surface area contributed by atoms with E-state index in [-0.39, 0.29) is 11.8 Å². The predicted octanol–water partition coefficient (Wildman–Crippen LogP) is 3.78. The number of nitrogens with zero attached hydrogens (tertiary/aromatic N) is 1. The van der Waals surface area contributed by atoms with Gasteiger partial charge in [0.1, 0.15) is 12.4 Å². The molecule has 4 nitrogen and oxygen atoms in total. The lowest BCUT2D eigenvalue weighted by molar-refractivity contribution is -0.119. The zero-order valence-electron chi connectivity index (χ0n) is 14.4. The van der Waals surface area contributed by atoms with Gasteiger partial charge >= 0.3 is 0 Å². The van der Waals surface area contributed by atoms with Crippen LogP contribution in [0.1, 0.15) is 40.5 Å². The fourth-order valence-electron chi connectivity index (χ4n) is 2.30. The maximum absolute atomic E-state index is 12.0. The lowest BCUT2D eigenvalue weighted by atomic mass is 10.1. The van der Waals surface area contributed by atoms with Crippen LogP contribution in [0.4, 0.5) is 5.69 Å². The molecule has 0 saturated carbocycles. The van der Waals surface area contributed by atoms with E-state index in [4.69, 9.17) is 4.74 Å². The number of nitrogens with one attached hydrogen (secondary N) is 1. The Morgan fingerprint density at radius 3 is 2.36 bits per heavy atom. The van der Waals surface area contributed by atoms with Gasteiger partial charge in [0.05, 0.1) is 0 Å². The van der Waals surface area contributed by atoms with E-state index in [0.717, 1.165) is 43.9 Å². The average molecular weight is 306 g/mol. The minimum Gasteiger partial charge on any atom is -0.492 e. The smallest absolute Gasteiger partial charge is 0.227 e. The van der Waals surface area contributed by atoms with Gasteiger partial charge in [0.25, 0.3) is 0 Å². The van der Waals surface area contributed by atoms with E-state index in [2.05, 4.69) is 31.0 Å². The summed E-state index contributed by atoms with van der Waals surface area (Å²) in [6.45, 7) is 12.1. The quantitative estimate of drug-likeness (QED) is 0.715. The number of hydrogen-bond acceptors (Lipinski definition) is 3. The second-order valence-corrected chi connectivity index (χ2v) is 5.58. The number of ether oxygens (including phenoxy) is 1. The second kappa shape index (κ2) is 10.2. The zero-order chi connectivity index (χ0) is 16.4. The Bertz CT molecular complexity index is 427. The summed E-state index contributed by atoms with van der Waals surface area (Å²) in [4.78, 5) is 14.3. The molecule has 1 N–H and O–H groups in total. The third-order valence-electron chi connectivity index (χ3n) is 3.86. The molecule has 0 aromatic heterocycles. The van der Waals surface area contributed by atoms with E-state index in [0.29, 0.717) is 6.61 Å². The molecule has 0 heterocycles. The Hall–Kier alpha value is -1.55. The molecule has 0 aliphatic rings. The van der Waals surface area contributed by atoms with Crippen LogP contribution >= 0.6 is 0 Å². The number of carbonyl (C=O) groups excluding carboxylic acids is 1. The van der Waals surface area contributed by atoms with Gasteiger partial charge in [-0.25, -0.2) is 0 Å². The molecule has 0 saturated heterocycles. The van der Waals surface area contributed by atoms with Crippen LogP contribution in [-0.2, 0) is 4.79 Å². The van der Waals surface area contributed by atoms with Gasteiger partial charge in [0, 0.05) is 18.2 Å². The molecule has 1 aromatic carbocycles. The molecular weight excluding hydrogens is 276 g/mol. The van der Waals surface area contributed by atoms with Crippen LogP contribution in [0, 0.1) is 5.92 Å². The van der Waals surface area contributed by atoms with Gasteiger partial charge in [-0.15, -0.1) is 0 Å². The molecule has 0 fully saturated rings. The number of benzene rings is 1. The minimum absolute atomic E-state index is 0.0509. The van der Waals surface area contributed by atoms with Gasteiger partial charge < -0.3 is 15.0 Å². The first-order chi connectivity index (χ1) is 10.6. The molecule has 0 aliphatic heterocycles. The van der Waals surface area contributed by atoms with Gasteiger partial charge in [-0.05, 0) is 43.8 Å². The molecule has 0 aliphatic carbocycles. The van der Waals surface area contributed by atoms with Crippen molar-refractivity contribution in [1.82, 2.24) is 4.90 Å². The minimum atomic E-state index is 0.0509. The Balaban J connectivity index is 2.41. The van der Waals surface area contributed by atoms with Crippen molar-refractivity contribution in [2.24, 2.45) is 5.92 Å². The number of rotatable bonds is 10. The van der Waals surface area contributed by atoms with Crippen LogP contribution in [0.25, 0.3) is 0 Å². The van der Waals surface area contributed by atoms with Gasteiger partial charge in [-0.1, -0.05) is 34.1 Å². The Kier molecular flexibility index (Phi) is 8.60. The maximum atomic E-state index is 12.0. The molecular formula is C18H30N2O2. The second-order valence-electron chi connectivity index (χ2n) is 5.58. The molecule has 1 rings (SSSR count). The third-order valence-corrected chi connectivity index (χ3v) is 3.86. The molecule has 0 radical (unpaired) electrons. The summed E-state index contributed by atoms with van der Waals surface area (Å²) in [5, 5.41) is 2.94. The molecule has 0 spiro atoms. The van der Waals surface area contributed by atoms with E-state index in [1.165, 1.54) is 0 Å². The van der Waals surface area contributed by atoms with E-state index >= 15 is 0 Å². The van der Waals surface area contributed by atoms with Crippen molar-refractivity contribution in [2.45, 2.75) is 40.5 Å². The van der Waals surface area contributed by atoms with E-state index < -0.39 is 0 Å². The van der Waals surface area contributed by atoms with Gasteiger partial charge in [-0.3, -0.25) is 4.79 Å². The Morgan fingerprint density at radius 1 is 1.18 bits per heavy atom. The standard InChI is InChI=1S/C18H30N2O2/c1-5-8-15(4)18(21)19-16-9-11-17(12-10-16)22-14-13-20(6-2)7-3/h9-12,15H,5-8,13-14H2,1-4H3,(H,19,21). The molecule has 124 valence electrons. The van der Waals surface area contributed by atoms with Crippen molar-refractivity contribution in [3.8, 4) is 5.75 Å². The van der Waals surface area contributed by atoms with E-state index in [1.807, 2.05) is 31.2 Å². The van der Waals surface area contributed by atoms with Crippen LogP contribution in [0.15, 0.2) is 24.3 Å². The Labute approximate surface area is 134 Å². The van der Waals surface area contributed by atoms with Crippen molar-refractivity contribution in [3.05, 3.63) is 24.3 Å². The Morgan fingerprint density at radius 2 is 1.82 bits per heavy atom. The summed E-state index contributed by atoms with van der Waals surface area (Å²) in [6, 6.07) is 7.59. The number of carbonyl (C=O) groups is 1. The summed E-state index contributed by atoms with van der Waals surface area (Å²) >= 11 is 0. The lowest BCUT2D eigenvalue weighted by Gasteiger charge is -2.18. The van der Waals surface area contributed by atoms with Crippen molar-refractivity contribution in [3.63, 3.8) is 0 Å². The monoisotopic (exact) mass is 306 g/mol. The third kappa shape index (κ3) is 6.48. The number of hydrogen-bond donors (Lipinski definition) is 1. The van der Waals surface area contributed by atoms with Crippen LogP contribution in [0.2, 0.25) is 0 Å². The molecule has 0 bridgehead atoms. The van der Waals surface area contributed by atoms with E-state index in [9.17, 15) is 4.79 Å². The van der Waals surface area contributed by atoms with Crippen LogP contribution in [0.3, 0.4) is 0 Å². The maximum Gasteiger partial charge on any atom is 0.227 e. The molecule has 1 amide bonds. The highest BCUT2D eigenvalue weighted by Gasteiger charge is 2.11. The highest BCUT2D eigenvalue weighted by molar-refractivity contribution is 5.92. The normalized spacial score (nSPS) is 12.2.